The quantitative estimate of drug-likeness (QED) is 0.277. The van der Waals surface area contributed by atoms with Crippen molar-refractivity contribution in [1.82, 2.24) is 4.98 Å². The number of hydrogen-bond donors (Lipinski definition) is 1. The van der Waals surface area contributed by atoms with Gasteiger partial charge in [0.1, 0.15) is 6.10 Å². The molecule has 190 valence electrons. The molecule has 3 heterocycles. The SMILES string of the molecule is Cc1ccc2c(c1)C(=O)N(c1cccc(-c3cccc4[nH]c5cc(C6COC(C)(C)O6)ccc5c34)c1C)C2. The minimum Gasteiger partial charge on any atom is -0.354 e. The minimum absolute atomic E-state index is 0.0723. The summed E-state index contributed by atoms with van der Waals surface area (Å²) >= 11 is 0. The number of ether oxygens (including phenoxy) is 2. The highest BCUT2D eigenvalue weighted by Crippen LogP contribution is 2.41. The van der Waals surface area contributed by atoms with Gasteiger partial charge in [-0.05, 0) is 79.8 Å². The van der Waals surface area contributed by atoms with Crippen LogP contribution in [0.1, 0.15) is 52.6 Å². The van der Waals surface area contributed by atoms with E-state index in [-0.39, 0.29) is 12.0 Å². The molecule has 0 aliphatic carbocycles. The van der Waals surface area contributed by atoms with Crippen LogP contribution in [0.15, 0.2) is 72.8 Å². The Hall–Kier alpha value is -3.93. The molecule has 0 radical (unpaired) electrons. The Labute approximate surface area is 222 Å². The Kier molecular flexibility index (Phi) is 5.06. The van der Waals surface area contributed by atoms with Crippen molar-refractivity contribution in [3.63, 3.8) is 0 Å². The molecular formula is C33H30N2O3. The number of carbonyl (C=O) groups is 1. The zero-order chi connectivity index (χ0) is 26.2. The first-order chi connectivity index (χ1) is 18.3. The summed E-state index contributed by atoms with van der Waals surface area (Å²) < 4.78 is 11.9. The first-order valence-electron chi connectivity index (χ1n) is 13.2. The van der Waals surface area contributed by atoms with E-state index < -0.39 is 5.79 Å². The number of aromatic amines is 1. The number of nitrogens with one attached hydrogen (secondary N) is 1. The molecule has 1 unspecified atom stereocenters. The maximum absolute atomic E-state index is 13.4. The normalized spacial score (nSPS) is 18.6. The van der Waals surface area contributed by atoms with Gasteiger partial charge < -0.3 is 19.4 Å². The number of H-pyrrole nitrogens is 1. The number of carbonyl (C=O) groups excluding carboxylic acids is 1. The lowest BCUT2D eigenvalue weighted by Crippen LogP contribution is -2.24. The number of hydrogen-bond acceptors (Lipinski definition) is 3. The van der Waals surface area contributed by atoms with Gasteiger partial charge in [0.15, 0.2) is 5.79 Å². The second-order valence-electron chi connectivity index (χ2n) is 11.0. The number of fused-ring (bicyclic) bond motifs is 4. The molecule has 0 saturated carbocycles. The third-order valence-electron chi connectivity index (χ3n) is 7.98. The lowest BCUT2D eigenvalue weighted by Gasteiger charge is -2.21. The molecule has 2 aliphatic heterocycles. The van der Waals surface area contributed by atoms with Crippen LogP contribution in [0.25, 0.3) is 32.9 Å². The van der Waals surface area contributed by atoms with Crippen molar-refractivity contribution in [2.75, 3.05) is 11.5 Å². The second-order valence-corrected chi connectivity index (χ2v) is 11.0. The molecule has 7 rings (SSSR count). The molecule has 4 aromatic carbocycles. The van der Waals surface area contributed by atoms with Crippen LogP contribution < -0.4 is 4.90 Å². The number of aryl methyl sites for hydroxylation is 1. The Bertz CT molecular complexity index is 1760. The van der Waals surface area contributed by atoms with Crippen molar-refractivity contribution in [2.45, 2.75) is 46.1 Å². The van der Waals surface area contributed by atoms with Crippen molar-refractivity contribution in [3.05, 3.63) is 101 Å². The molecule has 1 saturated heterocycles. The fourth-order valence-electron chi connectivity index (χ4n) is 6.07. The third-order valence-corrected chi connectivity index (χ3v) is 7.98. The summed E-state index contributed by atoms with van der Waals surface area (Å²) in [6.45, 7) is 9.20. The van der Waals surface area contributed by atoms with Gasteiger partial charge in [0, 0.05) is 33.1 Å². The second kappa shape index (κ2) is 8.29. The zero-order valence-corrected chi connectivity index (χ0v) is 22.1. The summed E-state index contributed by atoms with van der Waals surface area (Å²) in [6, 6.07) is 25.3. The Morgan fingerprint density at radius 1 is 0.895 bits per heavy atom. The molecule has 5 heteroatoms. The lowest BCUT2D eigenvalue weighted by molar-refractivity contribution is -0.139. The van der Waals surface area contributed by atoms with Crippen molar-refractivity contribution in [1.29, 1.82) is 0 Å². The molecule has 5 aromatic rings. The zero-order valence-electron chi connectivity index (χ0n) is 22.1. The van der Waals surface area contributed by atoms with Crippen LogP contribution in [-0.4, -0.2) is 23.3 Å². The van der Waals surface area contributed by atoms with Crippen molar-refractivity contribution in [2.24, 2.45) is 0 Å². The highest BCUT2D eigenvalue weighted by atomic mass is 16.7. The number of rotatable bonds is 3. The van der Waals surface area contributed by atoms with Gasteiger partial charge in [-0.15, -0.1) is 0 Å². The highest BCUT2D eigenvalue weighted by Gasteiger charge is 2.34. The molecule has 1 N–H and O–H groups in total. The summed E-state index contributed by atoms with van der Waals surface area (Å²) in [5, 5.41) is 2.35. The van der Waals surface area contributed by atoms with Gasteiger partial charge in [-0.2, -0.15) is 0 Å². The lowest BCUT2D eigenvalue weighted by atomic mass is 9.94. The summed E-state index contributed by atoms with van der Waals surface area (Å²) in [4.78, 5) is 18.9. The van der Waals surface area contributed by atoms with E-state index in [0.29, 0.717) is 13.2 Å². The molecule has 1 amide bonds. The monoisotopic (exact) mass is 502 g/mol. The molecule has 2 aliphatic rings. The largest absolute Gasteiger partial charge is 0.354 e. The van der Waals surface area contributed by atoms with E-state index in [1.807, 2.05) is 31.7 Å². The molecular weight excluding hydrogens is 472 g/mol. The molecule has 1 aromatic heterocycles. The van der Waals surface area contributed by atoms with Gasteiger partial charge in [-0.3, -0.25) is 4.79 Å². The number of benzene rings is 4. The number of nitrogens with zero attached hydrogens (tertiary/aromatic N) is 1. The van der Waals surface area contributed by atoms with E-state index in [1.54, 1.807) is 0 Å². The third kappa shape index (κ3) is 3.57. The summed E-state index contributed by atoms with van der Waals surface area (Å²) in [5.41, 5.74) is 10.6. The van der Waals surface area contributed by atoms with Gasteiger partial charge in [0.05, 0.1) is 13.2 Å². The van der Waals surface area contributed by atoms with Crippen LogP contribution in [0, 0.1) is 13.8 Å². The van der Waals surface area contributed by atoms with Crippen LogP contribution in [0.3, 0.4) is 0 Å². The topological polar surface area (TPSA) is 54.6 Å². The summed E-state index contributed by atoms with van der Waals surface area (Å²) in [5.74, 6) is -0.491. The van der Waals surface area contributed by atoms with E-state index in [0.717, 1.165) is 55.7 Å². The maximum Gasteiger partial charge on any atom is 0.258 e. The van der Waals surface area contributed by atoms with Crippen molar-refractivity contribution in [3.8, 4) is 11.1 Å². The average Bonchev–Trinajstić information content (AvgIpc) is 3.56. The van der Waals surface area contributed by atoms with Crippen LogP contribution in [-0.2, 0) is 16.0 Å². The molecule has 38 heavy (non-hydrogen) atoms. The molecule has 0 bridgehead atoms. The smallest absolute Gasteiger partial charge is 0.258 e. The average molecular weight is 503 g/mol. The van der Waals surface area contributed by atoms with Crippen LogP contribution in [0.4, 0.5) is 5.69 Å². The van der Waals surface area contributed by atoms with Crippen molar-refractivity contribution >= 4 is 33.4 Å². The van der Waals surface area contributed by atoms with Gasteiger partial charge >= 0.3 is 0 Å². The Morgan fingerprint density at radius 2 is 1.71 bits per heavy atom. The molecule has 0 spiro atoms. The highest BCUT2D eigenvalue weighted by molar-refractivity contribution is 6.15. The van der Waals surface area contributed by atoms with E-state index in [9.17, 15) is 4.79 Å². The van der Waals surface area contributed by atoms with Crippen LogP contribution >= 0.6 is 0 Å². The first kappa shape index (κ1) is 23.2. The van der Waals surface area contributed by atoms with Crippen LogP contribution in [0.2, 0.25) is 0 Å². The molecule has 1 atom stereocenters. The first-order valence-corrected chi connectivity index (χ1v) is 13.2. The predicted octanol–water partition coefficient (Wildman–Crippen LogP) is 7.59. The van der Waals surface area contributed by atoms with Gasteiger partial charge in [0.25, 0.3) is 5.91 Å². The number of amides is 1. The van der Waals surface area contributed by atoms with E-state index >= 15 is 0 Å². The summed E-state index contributed by atoms with van der Waals surface area (Å²) in [7, 11) is 0. The standard InChI is InChI=1S/C33H30N2O3/c1-19-11-12-22-17-35(32(36)26(22)15-19)29-10-6-7-23(20(29)2)24-8-5-9-27-31(24)25-14-13-21(16-28(25)34-27)30-18-37-33(3,4)38-30/h5-16,30,34H,17-18H2,1-4H3. The predicted molar refractivity (Wildman–Crippen MR) is 152 cm³/mol. The van der Waals surface area contributed by atoms with Crippen LogP contribution in [0.5, 0.6) is 0 Å². The fraction of sp³-hybridized carbons (Fsp3) is 0.242. The van der Waals surface area contributed by atoms with E-state index in [2.05, 4.69) is 78.6 Å². The van der Waals surface area contributed by atoms with Gasteiger partial charge in [-0.1, -0.05) is 54.1 Å². The van der Waals surface area contributed by atoms with Gasteiger partial charge in [0.2, 0.25) is 0 Å². The maximum atomic E-state index is 13.4. The number of aromatic nitrogens is 1. The molecule has 5 nitrogen and oxygen atoms in total. The fourth-order valence-corrected chi connectivity index (χ4v) is 6.07. The minimum atomic E-state index is -0.563. The van der Waals surface area contributed by atoms with E-state index in [1.165, 1.54) is 10.8 Å². The molecule has 1 fully saturated rings. The van der Waals surface area contributed by atoms with Gasteiger partial charge in [-0.25, -0.2) is 0 Å². The summed E-state index contributed by atoms with van der Waals surface area (Å²) in [6.07, 6.45) is -0.0786. The van der Waals surface area contributed by atoms with Crippen molar-refractivity contribution < 1.29 is 14.3 Å². The number of anilines is 1. The Balaban J connectivity index is 1.32. The van der Waals surface area contributed by atoms with E-state index in [4.69, 9.17) is 9.47 Å². The Morgan fingerprint density at radius 3 is 2.53 bits per heavy atom.